The summed E-state index contributed by atoms with van der Waals surface area (Å²) in [4.78, 5) is 0. The van der Waals surface area contributed by atoms with Gasteiger partial charge >= 0.3 is 0 Å². The number of nitrogen functional groups attached to an aromatic ring is 1. The fourth-order valence-corrected chi connectivity index (χ4v) is 2.31. The molecule has 21 heavy (non-hydrogen) atoms. The van der Waals surface area contributed by atoms with Crippen LogP contribution >= 0.6 is 0 Å². The Labute approximate surface area is 126 Å². The summed E-state index contributed by atoms with van der Waals surface area (Å²) >= 11 is 0. The maximum atomic E-state index is 6.04. The lowest BCUT2D eigenvalue weighted by Gasteiger charge is -2.16. The number of aryl methyl sites for hydroxylation is 2. The Morgan fingerprint density at radius 1 is 0.952 bits per heavy atom. The predicted molar refractivity (Wildman–Crippen MR) is 87.0 cm³/mol. The van der Waals surface area contributed by atoms with Gasteiger partial charge in [-0.15, -0.1) is 0 Å². The molecular weight excluding hydrogens is 262 g/mol. The highest BCUT2D eigenvalue weighted by Crippen LogP contribution is 2.28. The average molecular weight is 285 g/mol. The van der Waals surface area contributed by atoms with E-state index in [2.05, 4.69) is 32.9 Å². The van der Waals surface area contributed by atoms with Crippen LogP contribution in [0, 0.1) is 20.8 Å². The summed E-state index contributed by atoms with van der Waals surface area (Å²) in [6.45, 7) is 9.28. The van der Waals surface area contributed by atoms with Crippen LogP contribution in [0.25, 0.3) is 0 Å². The van der Waals surface area contributed by atoms with Crippen LogP contribution in [0.1, 0.15) is 29.2 Å². The minimum absolute atomic E-state index is 0.450. The van der Waals surface area contributed by atoms with Crippen molar-refractivity contribution < 1.29 is 9.47 Å². The molecule has 0 heterocycles. The molecule has 0 bridgehead atoms. The second kappa shape index (κ2) is 6.53. The monoisotopic (exact) mass is 285 g/mol. The summed E-state index contributed by atoms with van der Waals surface area (Å²) in [6.07, 6.45) is 0. The Kier molecular flexibility index (Phi) is 4.73. The van der Waals surface area contributed by atoms with E-state index in [-0.39, 0.29) is 0 Å². The third-order valence-electron chi connectivity index (χ3n) is 3.63. The number of hydrogen-bond acceptors (Lipinski definition) is 3. The first-order valence-electron chi connectivity index (χ1n) is 7.23. The molecule has 112 valence electrons. The molecule has 0 aliphatic rings. The second-order valence-corrected chi connectivity index (χ2v) is 5.24. The van der Waals surface area contributed by atoms with E-state index >= 15 is 0 Å². The van der Waals surface area contributed by atoms with Crippen LogP contribution < -0.4 is 15.2 Å². The minimum atomic E-state index is 0.450. The molecule has 0 amide bonds. The van der Waals surface area contributed by atoms with Crippen LogP contribution in [0.3, 0.4) is 0 Å². The minimum Gasteiger partial charge on any atom is -0.493 e. The van der Waals surface area contributed by atoms with E-state index in [1.165, 1.54) is 11.1 Å². The molecule has 0 saturated heterocycles. The SMILES string of the molecule is CCOc1ccc(N)cc1COc1c(C)ccc(C)c1C. The van der Waals surface area contributed by atoms with Crippen molar-refractivity contribution in [3.63, 3.8) is 0 Å². The third kappa shape index (κ3) is 3.48. The highest BCUT2D eigenvalue weighted by molar-refractivity contribution is 5.49. The van der Waals surface area contributed by atoms with E-state index in [4.69, 9.17) is 15.2 Å². The first-order chi connectivity index (χ1) is 10.0. The third-order valence-corrected chi connectivity index (χ3v) is 3.63. The van der Waals surface area contributed by atoms with Gasteiger partial charge in [-0.05, 0) is 62.6 Å². The van der Waals surface area contributed by atoms with Crippen LogP contribution in [0.2, 0.25) is 0 Å². The van der Waals surface area contributed by atoms with Gasteiger partial charge in [-0.2, -0.15) is 0 Å². The predicted octanol–water partition coefficient (Wildman–Crippen LogP) is 4.17. The maximum absolute atomic E-state index is 6.04. The van der Waals surface area contributed by atoms with Gasteiger partial charge in [-0.1, -0.05) is 12.1 Å². The molecule has 0 saturated carbocycles. The van der Waals surface area contributed by atoms with Gasteiger partial charge in [-0.25, -0.2) is 0 Å². The van der Waals surface area contributed by atoms with Crippen molar-refractivity contribution in [1.29, 1.82) is 0 Å². The van der Waals surface area contributed by atoms with Gasteiger partial charge in [0.05, 0.1) is 6.61 Å². The van der Waals surface area contributed by atoms with Gasteiger partial charge in [0.25, 0.3) is 0 Å². The van der Waals surface area contributed by atoms with E-state index in [1.807, 2.05) is 25.1 Å². The molecular formula is C18H23NO2. The van der Waals surface area contributed by atoms with Crippen LogP contribution in [0.4, 0.5) is 5.69 Å². The lowest BCUT2D eigenvalue weighted by Crippen LogP contribution is -2.04. The van der Waals surface area contributed by atoms with E-state index in [9.17, 15) is 0 Å². The van der Waals surface area contributed by atoms with Crippen LogP contribution in [-0.4, -0.2) is 6.61 Å². The summed E-state index contributed by atoms with van der Waals surface area (Å²) < 4.78 is 11.7. The van der Waals surface area contributed by atoms with Gasteiger partial charge in [0.2, 0.25) is 0 Å². The summed E-state index contributed by atoms with van der Waals surface area (Å²) in [6, 6.07) is 9.85. The van der Waals surface area contributed by atoms with Gasteiger partial charge in [0.15, 0.2) is 0 Å². The summed E-state index contributed by atoms with van der Waals surface area (Å²) in [5.74, 6) is 1.77. The Hall–Kier alpha value is -2.16. The fourth-order valence-electron chi connectivity index (χ4n) is 2.31. The number of benzene rings is 2. The van der Waals surface area contributed by atoms with Crippen LogP contribution in [0.15, 0.2) is 30.3 Å². The molecule has 0 aliphatic carbocycles. The number of nitrogens with two attached hydrogens (primary N) is 1. The highest BCUT2D eigenvalue weighted by atomic mass is 16.5. The first-order valence-corrected chi connectivity index (χ1v) is 7.23. The molecule has 0 aliphatic heterocycles. The zero-order valence-corrected chi connectivity index (χ0v) is 13.2. The summed E-state index contributed by atoms with van der Waals surface area (Å²) in [5.41, 5.74) is 11.1. The molecule has 0 unspecified atom stereocenters. The van der Waals surface area contributed by atoms with Crippen molar-refractivity contribution in [3.8, 4) is 11.5 Å². The van der Waals surface area contributed by atoms with Crippen molar-refractivity contribution in [2.75, 3.05) is 12.3 Å². The summed E-state index contributed by atoms with van der Waals surface area (Å²) in [5, 5.41) is 0. The number of rotatable bonds is 5. The Balaban J connectivity index is 2.24. The summed E-state index contributed by atoms with van der Waals surface area (Å²) in [7, 11) is 0. The van der Waals surface area contributed by atoms with E-state index < -0.39 is 0 Å². The molecule has 2 aromatic rings. The number of anilines is 1. The van der Waals surface area contributed by atoms with Crippen molar-refractivity contribution >= 4 is 5.69 Å². The second-order valence-electron chi connectivity index (χ2n) is 5.24. The van der Waals surface area contributed by atoms with Gasteiger partial charge in [-0.3, -0.25) is 0 Å². The van der Waals surface area contributed by atoms with E-state index in [0.29, 0.717) is 13.2 Å². The Bertz CT molecular complexity index is 635. The molecule has 0 fully saturated rings. The lowest BCUT2D eigenvalue weighted by atomic mass is 10.1. The topological polar surface area (TPSA) is 44.5 Å². The molecule has 2 aromatic carbocycles. The molecule has 3 heteroatoms. The molecule has 2 rings (SSSR count). The Morgan fingerprint density at radius 2 is 1.67 bits per heavy atom. The number of ether oxygens (including phenoxy) is 2. The zero-order valence-electron chi connectivity index (χ0n) is 13.2. The highest BCUT2D eigenvalue weighted by Gasteiger charge is 2.09. The Morgan fingerprint density at radius 3 is 2.38 bits per heavy atom. The molecule has 2 N–H and O–H groups in total. The number of hydrogen-bond donors (Lipinski definition) is 1. The van der Waals surface area contributed by atoms with E-state index in [1.54, 1.807) is 0 Å². The first kappa shape index (κ1) is 15.2. The lowest BCUT2D eigenvalue weighted by molar-refractivity contribution is 0.283. The standard InChI is InChI=1S/C18H23NO2/c1-5-20-17-9-8-16(19)10-15(17)11-21-18-13(3)7-6-12(2)14(18)4/h6-10H,5,11,19H2,1-4H3. The van der Waals surface area contributed by atoms with Crippen molar-refractivity contribution in [1.82, 2.24) is 0 Å². The zero-order chi connectivity index (χ0) is 15.4. The maximum Gasteiger partial charge on any atom is 0.126 e. The fraction of sp³-hybridized carbons (Fsp3) is 0.333. The van der Waals surface area contributed by atoms with Crippen molar-refractivity contribution in [2.24, 2.45) is 0 Å². The van der Waals surface area contributed by atoms with Crippen molar-refractivity contribution in [2.45, 2.75) is 34.3 Å². The molecule has 0 spiro atoms. The molecule has 3 nitrogen and oxygen atoms in total. The van der Waals surface area contributed by atoms with Gasteiger partial charge < -0.3 is 15.2 Å². The average Bonchev–Trinajstić information content (AvgIpc) is 2.46. The quantitative estimate of drug-likeness (QED) is 0.838. The molecule has 0 atom stereocenters. The van der Waals surface area contributed by atoms with Crippen molar-refractivity contribution in [3.05, 3.63) is 52.6 Å². The van der Waals surface area contributed by atoms with Crippen LogP contribution in [0.5, 0.6) is 11.5 Å². The molecule has 0 aromatic heterocycles. The normalized spacial score (nSPS) is 10.5. The van der Waals surface area contributed by atoms with Gasteiger partial charge in [0, 0.05) is 11.3 Å². The van der Waals surface area contributed by atoms with Crippen LogP contribution in [-0.2, 0) is 6.61 Å². The van der Waals surface area contributed by atoms with Gasteiger partial charge in [0.1, 0.15) is 18.1 Å². The largest absolute Gasteiger partial charge is 0.493 e. The molecule has 0 radical (unpaired) electrons. The smallest absolute Gasteiger partial charge is 0.126 e. The van der Waals surface area contributed by atoms with E-state index in [0.717, 1.165) is 28.3 Å².